The van der Waals surface area contributed by atoms with Crippen molar-refractivity contribution in [2.45, 2.75) is 51.2 Å². The minimum atomic E-state index is -0.201. The van der Waals surface area contributed by atoms with Gasteiger partial charge in [0.25, 0.3) is 11.5 Å². The van der Waals surface area contributed by atoms with Gasteiger partial charge in [-0.1, -0.05) is 31.0 Å². The molecule has 7 heteroatoms. The molecule has 2 saturated heterocycles. The molecule has 1 amide bonds. The molecule has 4 aliphatic rings. The van der Waals surface area contributed by atoms with Crippen LogP contribution in [0.1, 0.15) is 48.9 Å². The number of carbonyl (C=O) groups excluding carboxylic acids is 1. The molecule has 0 bridgehead atoms. The van der Waals surface area contributed by atoms with Crippen LogP contribution in [0.3, 0.4) is 0 Å². The second-order valence-electron chi connectivity index (χ2n) is 8.52. The van der Waals surface area contributed by atoms with Gasteiger partial charge in [0.15, 0.2) is 0 Å². The Bertz CT molecular complexity index is 1070. The molecule has 0 aliphatic carbocycles. The van der Waals surface area contributed by atoms with Crippen molar-refractivity contribution in [2.75, 3.05) is 19.7 Å². The summed E-state index contributed by atoms with van der Waals surface area (Å²) in [6.45, 7) is 2.91. The first kappa shape index (κ1) is 20.0. The standard InChI is InChI=1S/C24H28N4O3/c29-23(27-12-6-1-2-7-13-27)20-16-26(15-19-11-8-14-31-19)17-21-22(20)25-28(24(21)30)18-9-4-3-5-10-18/h3-5,9-10,16-17,19H,1-2,6-8,11-15H2. The predicted octanol–water partition coefficient (Wildman–Crippen LogP) is 3.33. The third-order valence-corrected chi connectivity index (χ3v) is 6.29. The maximum absolute atomic E-state index is 13.5. The Morgan fingerprint density at radius 2 is 1.81 bits per heavy atom. The lowest BCUT2D eigenvalue weighted by atomic mass is 10.1. The normalized spacial score (nSPS) is 19.6. The number of fused-ring (bicyclic) bond motifs is 1. The predicted molar refractivity (Wildman–Crippen MR) is 118 cm³/mol. The molecular weight excluding hydrogens is 392 g/mol. The quantitative estimate of drug-likeness (QED) is 0.649. The Hall–Kier alpha value is -2.93. The van der Waals surface area contributed by atoms with Crippen molar-refractivity contribution in [2.24, 2.45) is 0 Å². The molecular formula is C24H28N4O3. The number of pyridine rings is 1. The first-order valence-electron chi connectivity index (χ1n) is 11.3. The molecule has 0 N–H and O–H groups in total. The van der Waals surface area contributed by atoms with Crippen LogP contribution in [0, 0.1) is 0 Å². The maximum Gasteiger partial charge on any atom is 0.282 e. The van der Waals surface area contributed by atoms with Gasteiger partial charge in [-0.3, -0.25) is 9.59 Å². The SMILES string of the molecule is O=C(c1cn(CC2CCCO2)cc2c(=O)n(-c3ccccc3)nc1-2)N1CCCCCC1. The van der Waals surface area contributed by atoms with Crippen LogP contribution in [-0.4, -0.2) is 51.0 Å². The van der Waals surface area contributed by atoms with Gasteiger partial charge in [0.2, 0.25) is 0 Å². The number of aromatic nitrogens is 3. The van der Waals surface area contributed by atoms with Gasteiger partial charge < -0.3 is 14.2 Å². The van der Waals surface area contributed by atoms with E-state index in [1.54, 1.807) is 0 Å². The topological polar surface area (TPSA) is 69.4 Å². The lowest BCUT2D eigenvalue weighted by molar-refractivity contribution is 0.0758. The number of nitrogens with zero attached hydrogens (tertiary/aromatic N) is 4. The fourth-order valence-electron chi connectivity index (χ4n) is 4.63. The van der Waals surface area contributed by atoms with Gasteiger partial charge in [-0.05, 0) is 37.8 Å². The van der Waals surface area contributed by atoms with Crippen LogP contribution in [0.4, 0.5) is 0 Å². The molecule has 4 aliphatic heterocycles. The van der Waals surface area contributed by atoms with E-state index in [0.717, 1.165) is 58.2 Å². The van der Waals surface area contributed by atoms with E-state index >= 15 is 0 Å². The largest absolute Gasteiger partial charge is 0.376 e. The van der Waals surface area contributed by atoms with Gasteiger partial charge in [-0.25, -0.2) is 0 Å². The summed E-state index contributed by atoms with van der Waals surface area (Å²) in [6.07, 6.45) is 10.2. The lowest BCUT2D eigenvalue weighted by Gasteiger charge is -2.22. The minimum absolute atomic E-state index is 0.0358. The van der Waals surface area contributed by atoms with Gasteiger partial charge in [-0.15, -0.1) is 0 Å². The Kier molecular flexibility index (Phi) is 5.59. The average molecular weight is 421 g/mol. The van der Waals surface area contributed by atoms with E-state index in [1.807, 2.05) is 52.2 Å². The maximum atomic E-state index is 13.5. The number of likely N-dealkylation sites (tertiary alicyclic amines) is 1. The summed E-state index contributed by atoms with van der Waals surface area (Å²) in [4.78, 5) is 28.7. The number of amides is 1. The highest BCUT2D eigenvalue weighted by Crippen LogP contribution is 2.26. The van der Waals surface area contributed by atoms with Gasteiger partial charge >= 0.3 is 0 Å². The average Bonchev–Trinajstić information content (AvgIpc) is 3.32. The molecule has 0 saturated carbocycles. The minimum Gasteiger partial charge on any atom is -0.376 e. The van der Waals surface area contributed by atoms with Crippen molar-refractivity contribution in [1.29, 1.82) is 0 Å². The van der Waals surface area contributed by atoms with Crippen LogP contribution >= 0.6 is 0 Å². The van der Waals surface area contributed by atoms with Crippen LogP contribution in [0.15, 0.2) is 47.5 Å². The highest BCUT2D eigenvalue weighted by Gasteiger charge is 2.28. The summed E-state index contributed by atoms with van der Waals surface area (Å²) in [7, 11) is 0. The second-order valence-corrected chi connectivity index (χ2v) is 8.52. The van der Waals surface area contributed by atoms with E-state index in [4.69, 9.17) is 4.74 Å². The monoisotopic (exact) mass is 420 g/mol. The summed E-state index contributed by atoms with van der Waals surface area (Å²) in [5.41, 5.74) is 1.95. The smallest absolute Gasteiger partial charge is 0.282 e. The first-order valence-corrected chi connectivity index (χ1v) is 11.3. The number of hydrogen-bond acceptors (Lipinski definition) is 4. The van der Waals surface area contributed by atoms with E-state index in [1.165, 1.54) is 4.68 Å². The van der Waals surface area contributed by atoms with Gasteiger partial charge in [0, 0.05) is 38.6 Å². The molecule has 1 atom stereocenters. The number of ether oxygens (including phenoxy) is 1. The summed E-state index contributed by atoms with van der Waals surface area (Å²) in [5, 5.41) is 4.61. The molecule has 1 aromatic carbocycles. The summed E-state index contributed by atoms with van der Waals surface area (Å²) in [5.74, 6) is -0.0358. The van der Waals surface area contributed by atoms with Crippen LogP contribution in [0.25, 0.3) is 16.9 Å². The fourth-order valence-corrected chi connectivity index (χ4v) is 4.63. The van der Waals surface area contributed by atoms with Crippen molar-refractivity contribution >= 4 is 5.91 Å². The molecule has 31 heavy (non-hydrogen) atoms. The van der Waals surface area contributed by atoms with Crippen molar-refractivity contribution in [3.8, 4) is 16.9 Å². The molecule has 162 valence electrons. The third kappa shape index (κ3) is 4.02. The van der Waals surface area contributed by atoms with E-state index in [2.05, 4.69) is 5.10 Å². The fraction of sp³-hybridized carbons (Fsp3) is 0.458. The van der Waals surface area contributed by atoms with Crippen molar-refractivity contribution in [3.05, 3.63) is 58.6 Å². The third-order valence-electron chi connectivity index (χ3n) is 6.29. The van der Waals surface area contributed by atoms with Gasteiger partial charge in [-0.2, -0.15) is 9.78 Å². The molecule has 1 unspecified atom stereocenters. The Morgan fingerprint density at radius 3 is 2.52 bits per heavy atom. The number of carbonyl (C=O) groups is 1. The lowest BCUT2D eigenvalue weighted by Crippen LogP contribution is -2.33. The Labute approximate surface area is 181 Å². The Morgan fingerprint density at radius 1 is 1.03 bits per heavy atom. The molecule has 7 nitrogen and oxygen atoms in total. The second kappa shape index (κ2) is 8.67. The number of rotatable bonds is 4. The van der Waals surface area contributed by atoms with E-state index in [-0.39, 0.29) is 17.6 Å². The van der Waals surface area contributed by atoms with Gasteiger partial charge in [0.05, 0.1) is 22.9 Å². The zero-order valence-electron chi connectivity index (χ0n) is 17.7. The van der Waals surface area contributed by atoms with Crippen molar-refractivity contribution in [3.63, 3.8) is 0 Å². The molecule has 0 spiro atoms. The molecule has 1 aromatic rings. The van der Waals surface area contributed by atoms with Crippen LogP contribution < -0.4 is 5.56 Å². The van der Waals surface area contributed by atoms with E-state index in [0.29, 0.717) is 29.1 Å². The van der Waals surface area contributed by atoms with Gasteiger partial charge in [0.1, 0.15) is 5.69 Å². The van der Waals surface area contributed by atoms with Crippen molar-refractivity contribution in [1.82, 2.24) is 19.2 Å². The number of hydrogen-bond donors (Lipinski definition) is 0. The Balaban J connectivity index is 1.60. The number of para-hydroxylation sites is 1. The molecule has 2 fully saturated rings. The molecule has 0 aromatic heterocycles. The summed E-state index contributed by atoms with van der Waals surface area (Å²) >= 11 is 0. The van der Waals surface area contributed by atoms with E-state index in [9.17, 15) is 9.59 Å². The zero-order valence-corrected chi connectivity index (χ0v) is 17.7. The molecule has 0 radical (unpaired) electrons. The van der Waals surface area contributed by atoms with Crippen LogP contribution in [0.2, 0.25) is 0 Å². The highest BCUT2D eigenvalue weighted by molar-refractivity contribution is 6.00. The molecule has 4 heterocycles. The van der Waals surface area contributed by atoms with Crippen molar-refractivity contribution < 1.29 is 9.53 Å². The first-order chi connectivity index (χ1) is 15.2. The van der Waals surface area contributed by atoms with E-state index < -0.39 is 0 Å². The zero-order chi connectivity index (χ0) is 21.2. The highest BCUT2D eigenvalue weighted by atomic mass is 16.5. The van der Waals surface area contributed by atoms with Crippen LogP contribution in [0.5, 0.6) is 0 Å². The van der Waals surface area contributed by atoms with Crippen LogP contribution in [-0.2, 0) is 11.3 Å². The molecule has 5 rings (SSSR count). The summed E-state index contributed by atoms with van der Waals surface area (Å²) in [6, 6.07) is 9.36. The number of benzene rings is 1. The summed E-state index contributed by atoms with van der Waals surface area (Å²) < 4.78 is 9.14.